The van der Waals surface area contributed by atoms with Gasteiger partial charge in [0, 0.05) is 11.3 Å². The predicted molar refractivity (Wildman–Crippen MR) is 85.1 cm³/mol. The Kier molecular flexibility index (Phi) is 5.19. The molecule has 1 fully saturated rings. The smallest absolute Gasteiger partial charge is 0.256 e. The summed E-state index contributed by atoms with van der Waals surface area (Å²) in [5, 5.41) is 5.03. The summed E-state index contributed by atoms with van der Waals surface area (Å²) in [7, 11) is 0. The van der Waals surface area contributed by atoms with E-state index in [0.29, 0.717) is 16.7 Å². The summed E-state index contributed by atoms with van der Waals surface area (Å²) in [6.07, 6.45) is 5.57. The molecule has 1 aliphatic carbocycles. The number of oxazole rings is 1. The molecule has 0 aromatic carbocycles. The molecule has 1 aliphatic rings. The molecule has 4 heteroatoms. The molecule has 0 spiro atoms. The van der Waals surface area contributed by atoms with E-state index >= 15 is 0 Å². The fourth-order valence-electron chi connectivity index (χ4n) is 3.06. The van der Waals surface area contributed by atoms with E-state index in [1.807, 2.05) is 18.7 Å². The average molecular weight is 296 g/mol. The van der Waals surface area contributed by atoms with Crippen LogP contribution in [0.5, 0.6) is 0 Å². The molecule has 1 aromatic heterocycles. The van der Waals surface area contributed by atoms with Crippen molar-refractivity contribution in [2.75, 3.05) is 6.54 Å². The van der Waals surface area contributed by atoms with Crippen molar-refractivity contribution in [2.45, 2.75) is 70.4 Å². The van der Waals surface area contributed by atoms with Gasteiger partial charge in [0.15, 0.2) is 0 Å². The number of hydrogen-bond donors (Lipinski definition) is 1. The van der Waals surface area contributed by atoms with Gasteiger partial charge in [-0.2, -0.15) is 0 Å². The third-order valence-corrected chi connectivity index (χ3v) is 5.55. The Hall–Kier alpha value is -0.480. The quantitative estimate of drug-likeness (QED) is 0.900. The van der Waals surface area contributed by atoms with Gasteiger partial charge < -0.3 is 9.73 Å². The molecule has 0 amide bonds. The van der Waals surface area contributed by atoms with Crippen LogP contribution in [-0.2, 0) is 0 Å². The fraction of sp³-hybridized carbons (Fsp3) is 0.812. The van der Waals surface area contributed by atoms with E-state index in [1.54, 1.807) is 6.26 Å². The molecule has 114 valence electrons. The number of aryl methyl sites for hydroxylation is 1. The lowest BCUT2D eigenvalue weighted by molar-refractivity contribution is 0.165. The van der Waals surface area contributed by atoms with Gasteiger partial charge in [-0.05, 0) is 44.1 Å². The van der Waals surface area contributed by atoms with Crippen LogP contribution in [0.25, 0.3) is 0 Å². The van der Waals surface area contributed by atoms with Crippen molar-refractivity contribution in [3.63, 3.8) is 0 Å². The second-order valence-electron chi connectivity index (χ2n) is 6.95. The molecule has 1 N–H and O–H groups in total. The molecule has 0 aliphatic heterocycles. The second kappa shape index (κ2) is 6.52. The Morgan fingerprint density at radius 3 is 2.70 bits per heavy atom. The first-order valence-corrected chi connectivity index (χ1v) is 8.60. The Morgan fingerprint density at radius 2 is 2.15 bits per heavy atom. The summed E-state index contributed by atoms with van der Waals surface area (Å²) >= 11 is 1.81. The number of nitrogens with one attached hydrogen (secondary N) is 1. The van der Waals surface area contributed by atoms with Crippen molar-refractivity contribution >= 4 is 11.8 Å². The lowest BCUT2D eigenvalue weighted by atomic mass is 9.71. The minimum absolute atomic E-state index is 0.391. The maximum atomic E-state index is 5.54. The number of nitrogens with zero attached hydrogens (tertiary/aromatic N) is 1. The molecule has 3 atom stereocenters. The van der Waals surface area contributed by atoms with E-state index in [0.717, 1.165) is 23.4 Å². The van der Waals surface area contributed by atoms with Crippen molar-refractivity contribution in [3.05, 3.63) is 12.0 Å². The molecular formula is C16H28N2OS. The zero-order valence-corrected chi connectivity index (χ0v) is 14.2. The molecule has 3 unspecified atom stereocenters. The molecule has 0 radical (unpaired) electrons. The first-order chi connectivity index (χ1) is 9.40. The summed E-state index contributed by atoms with van der Waals surface area (Å²) in [6, 6.07) is 0.579. The zero-order valence-electron chi connectivity index (χ0n) is 13.4. The van der Waals surface area contributed by atoms with Crippen molar-refractivity contribution < 1.29 is 4.42 Å². The van der Waals surface area contributed by atoms with Crippen molar-refractivity contribution in [1.82, 2.24) is 10.3 Å². The molecule has 1 heterocycles. The van der Waals surface area contributed by atoms with Crippen LogP contribution in [0, 0.1) is 18.3 Å². The van der Waals surface area contributed by atoms with Crippen LogP contribution in [0.3, 0.4) is 0 Å². The van der Waals surface area contributed by atoms with Gasteiger partial charge >= 0.3 is 0 Å². The normalized spacial score (nSPS) is 27.8. The largest absolute Gasteiger partial charge is 0.440 e. The van der Waals surface area contributed by atoms with Crippen LogP contribution in [0.4, 0.5) is 0 Å². The van der Waals surface area contributed by atoms with Crippen LogP contribution in [0.1, 0.15) is 52.7 Å². The first kappa shape index (κ1) is 15.9. The second-order valence-corrected chi connectivity index (χ2v) is 8.14. The Morgan fingerprint density at radius 1 is 1.40 bits per heavy atom. The van der Waals surface area contributed by atoms with Gasteiger partial charge in [0.25, 0.3) is 5.22 Å². The molecule has 1 saturated carbocycles. The van der Waals surface area contributed by atoms with Crippen molar-refractivity contribution in [1.29, 1.82) is 0 Å². The van der Waals surface area contributed by atoms with Gasteiger partial charge in [0.2, 0.25) is 0 Å². The average Bonchev–Trinajstić information content (AvgIpc) is 2.76. The third-order valence-electron chi connectivity index (χ3n) is 4.33. The fourth-order valence-corrected chi connectivity index (χ4v) is 4.34. The highest BCUT2D eigenvalue weighted by molar-refractivity contribution is 7.99. The lowest BCUT2D eigenvalue weighted by Crippen LogP contribution is -2.44. The van der Waals surface area contributed by atoms with Gasteiger partial charge in [0.05, 0.1) is 5.69 Å². The number of rotatable bonds is 4. The van der Waals surface area contributed by atoms with E-state index in [-0.39, 0.29) is 0 Å². The molecule has 20 heavy (non-hydrogen) atoms. The summed E-state index contributed by atoms with van der Waals surface area (Å²) in [6.45, 7) is 12.3. The lowest BCUT2D eigenvalue weighted by Gasteiger charge is -2.41. The van der Waals surface area contributed by atoms with Gasteiger partial charge in [-0.15, -0.1) is 0 Å². The van der Waals surface area contributed by atoms with Gasteiger partial charge in [-0.3, -0.25) is 0 Å². The maximum Gasteiger partial charge on any atom is 0.256 e. The highest BCUT2D eigenvalue weighted by atomic mass is 32.2. The molecule has 2 rings (SSSR count). The minimum atomic E-state index is 0.391. The van der Waals surface area contributed by atoms with Gasteiger partial charge in [0.1, 0.15) is 6.26 Å². The van der Waals surface area contributed by atoms with E-state index < -0.39 is 0 Å². The zero-order chi connectivity index (χ0) is 14.8. The molecule has 3 nitrogen and oxygen atoms in total. The van der Waals surface area contributed by atoms with E-state index in [4.69, 9.17) is 4.42 Å². The highest BCUT2D eigenvalue weighted by Crippen LogP contribution is 2.43. The topological polar surface area (TPSA) is 38.1 Å². The molecule has 1 aromatic rings. The summed E-state index contributed by atoms with van der Waals surface area (Å²) in [5.41, 5.74) is 1.36. The Bertz CT molecular complexity index is 424. The van der Waals surface area contributed by atoms with E-state index in [9.17, 15) is 0 Å². The third kappa shape index (κ3) is 4.01. The summed E-state index contributed by atoms with van der Waals surface area (Å²) in [5.74, 6) is 0.783. The summed E-state index contributed by atoms with van der Waals surface area (Å²) < 4.78 is 5.54. The number of aromatic nitrogens is 1. The standard InChI is InChI=1S/C16H28N2OS/c1-6-17-13-8-7-12(16(3,4)5)9-14(13)20-15-18-11(2)10-19-15/h10,12-14,17H,6-9H2,1-5H3. The molecule has 0 bridgehead atoms. The monoisotopic (exact) mass is 296 g/mol. The minimum Gasteiger partial charge on any atom is -0.440 e. The van der Waals surface area contributed by atoms with Crippen molar-refractivity contribution in [2.24, 2.45) is 11.3 Å². The van der Waals surface area contributed by atoms with Crippen LogP contribution >= 0.6 is 11.8 Å². The molecular weight excluding hydrogens is 268 g/mol. The predicted octanol–water partition coefficient (Wildman–Crippen LogP) is 4.27. The van der Waals surface area contributed by atoms with Crippen LogP contribution < -0.4 is 5.32 Å². The summed E-state index contributed by atoms with van der Waals surface area (Å²) in [4.78, 5) is 4.46. The van der Waals surface area contributed by atoms with Gasteiger partial charge in [-0.25, -0.2) is 4.98 Å². The SMILES string of the molecule is CCNC1CCC(C(C)(C)C)CC1Sc1nc(C)co1. The first-order valence-electron chi connectivity index (χ1n) is 7.72. The van der Waals surface area contributed by atoms with Crippen LogP contribution in [-0.4, -0.2) is 22.8 Å². The van der Waals surface area contributed by atoms with Gasteiger partial charge in [-0.1, -0.05) is 39.5 Å². The number of hydrogen-bond acceptors (Lipinski definition) is 4. The van der Waals surface area contributed by atoms with Crippen LogP contribution in [0.15, 0.2) is 15.9 Å². The van der Waals surface area contributed by atoms with E-state index in [1.165, 1.54) is 19.3 Å². The highest BCUT2D eigenvalue weighted by Gasteiger charge is 2.36. The maximum absolute atomic E-state index is 5.54. The van der Waals surface area contributed by atoms with Crippen molar-refractivity contribution in [3.8, 4) is 0 Å². The van der Waals surface area contributed by atoms with E-state index in [2.05, 4.69) is 38.0 Å². The Labute approximate surface area is 127 Å². The number of thioether (sulfide) groups is 1. The molecule has 0 saturated heterocycles. The van der Waals surface area contributed by atoms with Crippen LogP contribution in [0.2, 0.25) is 0 Å². The Balaban J connectivity index is 2.06.